The standard InChI is InChI=1S/C14H15N5O/c1-9-13(6-15)10(2)19(17-9)14(20)11-3-4-18-8-16-7-12(18)5-11/h3-5,7-8H,6,15H2,1-2H3. The monoisotopic (exact) mass is 269 g/mol. The van der Waals surface area contributed by atoms with Gasteiger partial charge in [0.1, 0.15) is 0 Å². The molecule has 20 heavy (non-hydrogen) atoms. The minimum atomic E-state index is -0.158. The van der Waals surface area contributed by atoms with Crippen LogP contribution >= 0.6 is 0 Å². The molecule has 0 unspecified atom stereocenters. The van der Waals surface area contributed by atoms with E-state index in [1.807, 2.05) is 24.4 Å². The molecule has 0 bridgehead atoms. The second-order valence-electron chi connectivity index (χ2n) is 4.71. The first-order valence-corrected chi connectivity index (χ1v) is 6.33. The van der Waals surface area contributed by atoms with Crippen molar-refractivity contribution < 1.29 is 4.79 Å². The topological polar surface area (TPSA) is 78.2 Å². The van der Waals surface area contributed by atoms with Crippen LogP contribution in [0.25, 0.3) is 5.52 Å². The fraction of sp³-hybridized carbons (Fsp3) is 0.214. The van der Waals surface area contributed by atoms with Gasteiger partial charge >= 0.3 is 0 Å². The number of aromatic nitrogens is 4. The summed E-state index contributed by atoms with van der Waals surface area (Å²) in [4.78, 5) is 16.6. The number of carbonyl (C=O) groups excluding carboxylic acids is 1. The summed E-state index contributed by atoms with van der Waals surface area (Å²) in [5, 5.41) is 4.29. The molecule has 0 aliphatic heterocycles. The summed E-state index contributed by atoms with van der Waals surface area (Å²) < 4.78 is 3.27. The number of carbonyl (C=O) groups is 1. The van der Waals surface area contributed by atoms with Gasteiger partial charge in [0.05, 0.1) is 23.7 Å². The number of imidazole rings is 1. The van der Waals surface area contributed by atoms with E-state index in [1.54, 1.807) is 24.7 Å². The van der Waals surface area contributed by atoms with E-state index in [1.165, 1.54) is 4.68 Å². The molecule has 0 fully saturated rings. The molecule has 6 heteroatoms. The number of hydrogen-bond donors (Lipinski definition) is 1. The number of nitrogens with two attached hydrogens (primary N) is 1. The van der Waals surface area contributed by atoms with E-state index in [4.69, 9.17) is 5.73 Å². The molecule has 6 nitrogen and oxygen atoms in total. The van der Waals surface area contributed by atoms with Gasteiger partial charge < -0.3 is 10.1 Å². The number of pyridine rings is 1. The Morgan fingerprint density at radius 2 is 2.20 bits per heavy atom. The Kier molecular flexibility index (Phi) is 2.87. The van der Waals surface area contributed by atoms with Gasteiger partial charge in [-0.1, -0.05) is 0 Å². The van der Waals surface area contributed by atoms with Crippen LogP contribution in [0, 0.1) is 13.8 Å². The van der Waals surface area contributed by atoms with Crippen LogP contribution in [0.4, 0.5) is 0 Å². The molecule has 3 heterocycles. The molecule has 2 N–H and O–H groups in total. The van der Waals surface area contributed by atoms with Crippen molar-refractivity contribution in [1.29, 1.82) is 0 Å². The second-order valence-corrected chi connectivity index (χ2v) is 4.71. The first-order valence-electron chi connectivity index (χ1n) is 6.33. The average molecular weight is 269 g/mol. The Balaban J connectivity index is 2.07. The maximum absolute atomic E-state index is 12.5. The lowest BCUT2D eigenvalue weighted by Gasteiger charge is -2.04. The van der Waals surface area contributed by atoms with Gasteiger partial charge in [-0.2, -0.15) is 5.10 Å². The summed E-state index contributed by atoms with van der Waals surface area (Å²) in [5.41, 5.74) is 9.65. The molecule has 0 aliphatic carbocycles. The van der Waals surface area contributed by atoms with Crippen molar-refractivity contribution in [1.82, 2.24) is 19.2 Å². The number of nitrogens with zero attached hydrogens (tertiary/aromatic N) is 4. The van der Waals surface area contributed by atoms with Crippen molar-refractivity contribution >= 4 is 11.4 Å². The second kappa shape index (κ2) is 4.57. The third-order valence-electron chi connectivity index (χ3n) is 3.50. The molecular formula is C14H15N5O. The zero-order valence-corrected chi connectivity index (χ0v) is 11.4. The van der Waals surface area contributed by atoms with Gasteiger partial charge in [0.25, 0.3) is 5.91 Å². The molecule has 102 valence electrons. The first kappa shape index (κ1) is 12.6. The average Bonchev–Trinajstić information content (AvgIpc) is 3.01. The minimum absolute atomic E-state index is 0.158. The predicted molar refractivity (Wildman–Crippen MR) is 74.5 cm³/mol. The Labute approximate surface area is 115 Å². The molecule has 0 aliphatic rings. The number of rotatable bonds is 2. The van der Waals surface area contributed by atoms with Crippen molar-refractivity contribution in [2.45, 2.75) is 20.4 Å². The Morgan fingerprint density at radius 1 is 1.40 bits per heavy atom. The molecule has 3 aromatic rings. The third-order valence-corrected chi connectivity index (χ3v) is 3.50. The SMILES string of the molecule is Cc1nn(C(=O)c2ccn3cncc3c2)c(C)c1CN. The van der Waals surface area contributed by atoms with Crippen LogP contribution < -0.4 is 5.73 Å². The van der Waals surface area contributed by atoms with Gasteiger partial charge in [0.2, 0.25) is 0 Å². The van der Waals surface area contributed by atoms with Crippen molar-refractivity contribution in [3.05, 3.63) is 53.4 Å². The summed E-state index contributed by atoms with van der Waals surface area (Å²) in [5.74, 6) is -0.158. The van der Waals surface area contributed by atoms with E-state index in [0.29, 0.717) is 12.1 Å². The van der Waals surface area contributed by atoms with Crippen LogP contribution in [0.1, 0.15) is 27.3 Å². The van der Waals surface area contributed by atoms with Crippen molar-refractivity contribution in [2.75, 3.05) is 0 Å². The quantitative estimate of drug-likeness (QED) is 0.760. The van der Waals surface area contributed by atoms with E-state index in [0.717, 1.165) is 22.5 Å². The summed E-state index contributed by atoms with van der Waals surface area (Å²) in [6, 6.07) is 3.56. The van der Waals surface area contributed by atoms with E-state index in [2.05, 4.69) is 10.1 Å². The number of aryl methyl sites for hydroxylation is 1. The Hall–Kier alpha value is -2.47. The van der Waals surface area contributed by atoms with Gasteiger partial charge in [-0.25, -0.2) is 9.67 Å². The van der Waals surface area contributed by atoms with E-state index < -0.39 is 0 Å². The highest BCUT2D eigenvalue weighted by Crippen LogP contribution is 2.15. The lowest BCUT2D eigenvalue weighted by Crippen LogP contribution is -2.16. The highest BCUT2D eigenvalue weighted by atomic mass is 16.2. The molecular weight excluding hydrogens is 254 g/mol. The molecule has 0 atom stereocenters. The molecule has 0 saturated heterocycles. The van der Waals surface area contributed by atoms with Crippen LogP contribution in [0.15, 0.2) is 30.9 Å². The summed E-state index contributed by atoms with van der Waals surface area (Å²) >= 11 is 0. The van der Waals surface area contributed by atoms with Crippen molar-refractivity contribution in [3.8, 4) is 0 Å². The van der Waals surface area contributed by atoms with Crippen LogP contribution in [-0.4, -0.2) is 25.1 Å². The maximum atomic E-state index is 12.5. The number of fused-ring (bicyclic) bond motifs is 1. The van der Waals surface area contributed by atoms with Crippen molar-refractivity contribution in [2.24, 2.45) is 5.73 Å². The van der Waals surface area contributed by atoms with Gasteiger partial charge in [-0.05, 0) is 26.0 Å². The first-order chi connectivity index (χ1) is 9.61. The summed E-state index contributed by atoms with van der Waals surface area (Å²) in [7, 11) is 0. The fourth-order valence-corrected chi connectivity index (χ4v) is 2.34. The smallest absolute Gasteiger partial charge is 0.278 e. The van der Waals surface area contributed by atoms with Gasteiger partial charge in [0.15, 0.2) is 0 Å². The number of hydrogen-bond acceptors (Lipinski definition) is 4. The van der Waals surface area contributed by atoms with Gasteiger partial charge in [-0.3, -0.25) is 4.79 Å². The molecule has 0 spiro atoms. The van der Waals surface area contributed by atoms with E-state index in [-0.39, 0.29) is 5.91 Å². The van der Waals surface area contributed by atoms with Crippen molar-refractivity contribution in [3.63, 3.8) is 0 Å². The van der Waals surface area contributed by atoms with Crippen LogP contribution in [0.2, 0.25) is 0 Å². The molecule has 0 amide bonds. The third kappa shape index (κ3) is 1.81. The zero-order valence-electron chi connectivity index (χ0n) is 11.4. The van der Waals surface area contributed by atoms with Crippen LogP contribution in [0.3, 0.4) is 0 Å². The maximum Gasteiger partial charge on any atom is 0.278 e. The molecule has 0 radical (unpaired) electrons. The lowest BCUT2D eigenvalue weighted by atomic mass is 10.2. The van der Waals surface area contributed by atoms with E-state index in [9.17, 15) is 4.79 Å². The van der Waals surface area contributed by atoms with Gasteiger partial charge in [-0.15, -0.1) is 0 Å². The van der Waals surface area contributed by atoms with E-state index >= 15 is 0 Å². The van der Waals surface area contributed by atoms with Crippen LogP contribution in [0.5, 0.6) is 0 Å². The molecule has 0 saturated carbocycles. The van der Waals surface area contributed by atoms with Crippen LogP contribution in [-0.2, 0) is 6.54 Å². The lowest BCUT2D eigenvalue weighted by molar-refractivity contribution is 0.0942. The molecule has 3 rings (SSSR count). The highest BCUT2D eigenvalue weighted by Gasteiger charge is 2.17. The minimum Gasteiger partial charge on any atom is -0.326 e. The fourth-order valence-electron chi connectivity index (χ4n) is 2.34. The zero-order chi connectivity index (χ0) is 14.3. The predicted octanol–water partition coefficient (Wildman–Crippen LogP) is 1.29. The normalized spacial score (nSPS) is 11.2. The highest BCUT2D eigenvalue weighted by molar-refractivity contribution is 5.96. The summed E-state index contributed by atoms with van der Waals surface area (Å²) in [6.45, 7) is 4.10. The van der Waals surface area contributed by atoms with Gasteiger partial charge in [0, 0.05) is 29.6 Å². The largest absolute Gasteiger partial charge is 0.326 e. The summed E-state index contributed by atoms with van der Waals surface area (Å²) in [6.07, 6.45) is 5.22. The Morgan fingerprint density at radius 3 is 2.90 bits per heavy atom. The Bertz CT molecular complexity index is 799. The molecule has 3 aromatic heterocycles. The molecule has 0 aromatic carbocycles.